The van der Waals surface area contributed by atoms with Gasteiger partial charge in [-0.3, -0.25) is 0 Å². The molecule has 0 spiro atoms. The van der Waals surface area contributed by atoms with E-state index < -0.39 is 0 Å². The molecule has 1 heteroatoms. The van der Waals surface area contributed by atoms with Gasteiger partial charge in [0.25, 0.3) is 0 Å². The van der Waals surface area contributed by atoms with Gasteiger partial charge in [-0.15, -0.1) is 6.58 Å². The molecule has 5 rings (SSSR count). The molecule has 2 aliphatic carbocycles. The van der Waals surface area contributed by atoms with Crippen LogP contribution < -0.4 is 5.32 Å². The minimum absolute atomic E-state index is 0.324. The van der Waals surface area contributed by atoms with E-state index in [1.807, 2.05) is 6.08 Å². The fourth-order valence-electron chi connectivity index (χ4n) is 4.08. The Hall–Kier alpha value is -3.06. The van der Waals surface area contributed by atoms with Crippen LogP contribution in [0.1, 0.15) is 16.7 Å². The summed E-state index contributed by atoms with van der Waals surface area (Å²) < 4.78 is 0. The molecule has 1 nitrogen and oxygen atoms in total. The molecule has 126 valence electrons. The van der Waals surface area contributed by atoms with E-state index in [2.05, 4.69) is 84.7 Å². The van der Waals surface area contributed by atoms with Crippen LogP contribution in [0.25, 0.3) is 16.7 Å². The number of allylic oxidation sites excluding steroid dienone is 6. The van der Waals surface area contributed by atoms with Gasteiger partial charge in [-0.25, -0.2) is 0 Å². The van der Waals surface area contributed by atoms with Gasteiger partial charge >= 0.3 is 0 Å². The third-order valence-electron chi connectivity index (χ3n) is 5.46. The summed E-state index contributed by atoms with van der Waals surface area (Å²) in [4.78, 5) is 0. The van der Waals surface area contributed by atoms with Crippen LogP contribution in [0.4, 0.5) is 0 Å². The van der Waals surface area contributed by atoms with Crippen LogP contribution >= 0.6 is 0 Å². The van der Waals surface area contributed by atoms with Crippen molar-refractivity contribution in [3.63, 3.8) is 0 Å². The zero-order chi connectivity index (χ0) is 17.5. The average molecular weight is 335 g/mol. The van der Waals surface area contributed by atoms with Crippen molar-refractivity contribution in [3.8, 4) is 11.1 Å². The first-order valence-electron chi connectivity index (χ1n) is 9.21. The monoisotopic (exact) mass is 335 g/mol. The number of benzene rings is 2. The van der Waals surface area contributed by atoms with Crippen molar-refractivity contribution in [1.82, 2.24) is 5.32 Å². The third kappa shape index (κ3) is 2.48. The van der Waals surface area contributed by atoms with Crippen molar-refractivity contribution in [2.45, 2.75) is 18.9 Å². The van der Waals surface area contributed by atoms with Crippen LogP contribution in [-0.4, -0.2) is 6.04 Å². The van der Waals surface area contributed by atoms with E-state index >= 15 is 0 Å². The molecule has 1 unspecified atom stereocenters. The summed E-state index contributed by atoms with van der Waals surface area (Å²) in [6.45, 7) is 3.82. The standard InChI is InChI=1S/C25H21N/c1-2-5-17-8-10-18(11-9-17)19-12-13-20-16-25-23(22(20)14-19)15-21-6-3-4-7-24(21)26-25/h2-4,6-15,24,26H,1,5,16H2. The first kappa shape index (κ1) is 15.2. The normalized spacial score (nSPS) is 19.4. The highest BCUT2D eigenvalue weighted by molar-refractivity contribution is 5.87. The molecule has 0 saturated heterocycles. The van der Waals surface area contributed by atoms with Crippen molar-refractivity contribution >= 4 is 5.57 Å². The van der Waals surface area contributed by atoms with Gasteiger partial charge in [0.05, 0.1) is 6.04 Å². The summed E-state index contributed by atoms with van der Waals surface area (Å²) in [5, 5.41) is 3.71. The summed E-state index contributed by atoms with van der Waals surface area (Å²) in [5.74, 6) is 0. The lowest BCUT2D eigenvalue weighted by molar-refractivity contribution is 0.738. The van der Waals surface area contributed by atoms with Crippen LogP contribution in [0.15, 0.2) is 96.8 Å². The second kappa shape index (κ2) is 6.03. The highest BCUT2D eigenvalue weighted by Crippen LogP contribution is 2.39. The maximum absolute atomic E-state index is 3.82. The molecule has 0 fully saturated rings. The van der Waals surface area contributed by atoms with Crippen molar-refractivity contribution in [1.29, 1.82) is 0 Å². The Balaban J connectivity index is 1.52. The molecule has 0 saturated carbocycles. The average Bonchev–Trinajstić information content (AvgIpc) is 3.04. The maximum Gasteiger partial charge on any atom is 0.0698 e. The van der Waals surface area contributed by atoms with Crippen LogP contribution in [0.5, 0.6) is 0 Å². The largest absolute Gasteiger partial charge is 0.377 e. The molecule has 1 heterocycles. The number of rotatable bonds is 3. The molecule has 0 radical (unpaired) electrons. The zero-order valence-corrected chi connectivity index (χ0v) is 14.7. The summed E-state index contributed by atoms with van der Waals surface area (Å²) in [7, 11) is 0. The molecule has 1 aliphatic heterocycles. The van der Waals surface area contributed by atoms with E-state index in [4.69, 9.17) is 0 Å². The predicted molar refractivity (Wildman–Crippen MR) is 110 cm³/mol. The SMILES string of the molecule is C=CCc1ccc(-c2ccc3c(c2)C2=C(C3)NC3C=CC=CC3=C2)cc1. The summed E-state index contributed by atoms with van der Waals surface area (Å²) in [6.07, 6.45) is 14.9. The van der Waals surface area contributed by atoms with Crippen LogP contribution in [0.3, 0.4) is 0 Å². The van der Waals surface area contributed by atoms with Crippen molar-refractivity contribution in [2.24, 2.45) is 0 Å². The lowest BCUT2D eigenvalue weighted by Gasteiger charge is -2.25. The Bertz CT molecular complexity index is 1010. The Kier molecular flexibility index (Phi) is 3.53. The first-order valence-corrected chi connectivity index (χ1v) is 9.21. The van der Waals surface area contributed by atoms with E-state index in [-0.39, 0.29) is 0 Å². The summed E-state index contributed by atoms with van der Waals surface area (Å²) in [6, 6.07) is 16.0. The number of fused-ring (bicyclic) bond motifs is 3. The van der Waals surface area contributed by atoms with E-state index in [9.17, 15) is 0 Å². The molecule has 0 amide bonds. The van der Waals surface area contributed by atoms with Gasteiger partial charge in [0.2, 0.25) is 0 Å². The molecule has 2 aromatic rings. The Morgan fingerprint density at radius 2 is 1.88 bits per heavy atom. The summed E-state index contributed by atoms with van der Waals surface area (Å²) in [5.41, 5.74) is 10.7. The predicted octanol–water partition coefficient (Wildman–Crippen LogP) is 5.37. The Labute approximate surface area is 154 Å². The highest BCUT2D eigenvalue weighted by Gasteiger charge is 2.27. The second-order valence-electron chi connectivity index (χ2n) is 7.14. The number of nitrogens with one attached hydrogen (secondary N) is 1. The zero-order valence-electron chi connectivity index (χ0n) is 14.7. The van der Waals surface area contributed by atoms with Crippen LogP contribution in [-0.2, 0) is 12.8 Å². The molecule has 1 atom stereocenters. The van der Waals surface area contributed by atoms with Gasteiger partial charge in [-0.05, 0) is 52.0 Å². The minimum Gasteiger partial charge on any atom is -0.377 e. The number of hydrogen-bond donors (Lipinski definition) is 1. The minimum atomic E-state index is 0.324. The van der Waals surface area contributed by atoms with Crippen LogP contribution in [0.2, 0.25) is 0 Å². The van der Waals surface area contributed by atoms with Crippen molar-refractivity contribution < 1.29 is 0 Å². The maximum atomic E-state index is 3.82. The van der Waals surface area contributed by atoms with Gasteiger partial charge in [0.15, 0.2) is 0 Å². The van der Waals surface area contributed by atoms with Crippen molar-refractivity contribution in [2.75, 3.05) is 0 Å². The van der Waals surface area contributed by atoms with Gasteiger partial charge < -0.3 is 5.32 Å². The van der Waals surface area contributed by atoms with E-state index in [1.54, 1.807) is 0 Å². The third-order valence-corrected chi connectivity index (χ3v) is 5.46. The quantitative estimate of drug-likeness (QED) is 0.743. The van der Waals surface area contributed by atoms with Gasteiger partial charge in [-0.1, -0.05) is 66.8 Å². The smallest absolute Gasteiger partial charge is 0.0698 e. The fraction of sp³-hybridized carbons (Fsp3) is 0.120. The van der Waals surface area contributed by atoms with Gasteiger partial charge in [-0.2, -0.15) is 0 Å². The second-order valence-corrected chi connectivity index (χ2v) is 7.14. The summed E-state index contributed by atoms with van der Waals surface area (Å²) >= 11 is 0. The Morgan fingerprint density at radius 1 is 1.04 bits per heavy atom. The van der Waals surface area contributed by atoms with E-state index in [0.29, 0.717) is 6.04 Å². The van der Waals surface area contributed by atoms with Gasteiger partial charge in [0, 0.05) is 17.7 Å². The number of hydrogen-bond acceptors (Lipinski definition) is 1. The van der Waals surface area contributed by atoms with E-state index in [0.717, 1.165) is 12.8 Å². The van der Waals surface area contributed by atoms with Crippen molar-refractivity contribution in [3.05, 3.63) is 113 Å². The molecule has 2 aromatic carbocycles. The first-order chi connectivity index (χ1) is 12.8. The highest BCUT2D eigenvalue weighted by atomic mass is 14.9. The molecule has 0 bridgehead atoms. The van der Waals surface area contributed by atoms with E-state index in [1.165, 1.54) is 44.7 Å². The Morgan fingerprint density at radius 3 is 2.73 bits per heavy atom. The molecule has 0 aromatic heterocycles. The molecule has 1 N–H and O–H groups in total. The fourth-order valence-corrected chi connectivity index (χ4v) is 4.08. The topological polar surface area (TPSA) is 12.0 Å². The molecule has 3 aliphatic rings. The molecular weight excluding hydrogens is 314 g/mol. The molecular formula is C25H21N. The van der Waals surface area contributed by atoms with Crippen LogP contribution in [0, 0.1) is 0 Å². The van der Waals surface area contributed by atoms with Gasteiger partial charge in [0.1, 0.15) is 0 Å². The lowest BCUT2D eigenvalue weighted by Crippen LogP contribution is -2.31. The lowest BCUT2D eigenvalue weighted by atomic mass is 9.92. The molecule has 26 heavy (non-hydrogen) atoms. The number of dihydropyridines is 1.